The summed E-state index contributed by atoms with van der Waals surface area (Å²) in [6.07, 6.45) is 4.34. The van der Waals surface area contributed by atoms with Crippen LogP contribution in [0.15, 0.2) is 54.1 Å². The van der Waals surface area contributed by atoms with Crippen molar-refractivity contribution in [2.24, 2.45) is 0 Å². The molecule has 0 radical (unpaired) electrons. The standard InChI is InChI=1S/C22H24ClNO3/c23-21-4-2-1-3-20(21)19-7-5-17(6-8-19)15-18-9-11-24(12-10-18)13-14-27-16-22(25)26/h1-8,15H,9-14,16H2,(H,25,26). The Morgan fingerprint density at radius 2 is 1.81 bits per heavy atom. The molecule has 0 atom stereocenters. The zero-order valence-corrected chi connectivity index (χ0v) is 16.0. The van der Waals surface area contributed by atoms with Crippen LogP contribution in [-0.4, -0.2) is 48.8 Å². The number of aliphatic carboxylic acids is 1. The smallest absolute Gasteiger partial charge is 0.329 e. The summed E-state index contributed by atoms with van der Waals surface area (Å²) in [6, 6.07) is 16.4. The molecule has 1 aliphatic heterocycles. The zero-order valence-electron chi connectivity index (χ0n) is 15.2. The van der Waals surface area contributed by atoms with Gasteiger partial charge in [0.1, 0.15) is 6.61 Å². The van der Waals surface area contributed by atoms with E-state index in [-0.39, 0.29) is 6.61 Å². The monoisotopic (exact) mass is 385 g/mol. The number of hydrogen-bond donors (Lipinski definition) is 1. The molecule has 1 saturated heterocycles. The third kappa shape index (κ3) is 5.93. The maximum atomic E-state index is 10.4. The minimum atomic E-state index is -0.917. The number of halogens is 1. The van der Waals surface area contributed by atoms with Gasteiger partial charge in [-0.15, -0.1) is 0 Å². The molecule has 1 N–H and O–H groups in total. The summed E-state index contributed by atoms with van der Waals surface area (Å²) >= 11 is 6.27. The molecule has 0 aromatic heterocycles. The van der Waals surface area contributed by atoms with Gasteiger partial charge < -0.3 is 14.7 Å². The minimum Gasteiger partial charge on any atom is -0.480 e. The van der Waals surface area contributed by atoms with Gasteiger partial charge >= 0.3 is 5.97 Å². The van der Waals surface area contributed by atoms with Crippen molar-refractivity contribution in [3.63, 3.8) is 0 Å². The second kappa shape index (κ2) is 9.70. The van der Waals surface area contributed by atoms with Crippen LogP contribution < -0.4 is 0 Å². The van der Waals surface area contributed by atoms with Crippen LogP contribution in [0, 0.1) is 0 Å². The van der Waals surface area contributed by atoms with E-state index in [1.165, 1.54) is 11.1 Å². The summed E-state index contributed by atoms with van der Waals surface area (Å²) in [4.78, 5) is 12.8. The normalized spacial score (nSPS) is 14.9. The fourth-order valence-corrected chi connectivity index (χ4v) is 3.50. The lowest BCUT2D eigenvalue weighted by atomic mass is 9.99. The first-order chi connectivity index (χ1) is 13.1. The number of rotatable bonds is 7. The van der Waals surface area contributed by atoms with Crippen LogP contribution in [0.1, 0.15) is 18.4 Å². The van der Waals surface area contributed by atoms with Gasteiger partial charge in [0.25, 0.3) is 0 Å². The quantitative estimate of drug-likeness (QED) is 0.708. The number of hydrogen-bond acceptors (Lipinski definition) is 3. The van der Waals surface area contributed by atoms with Crippen molar-refractivity contribution in [1.29, 1.82) is 0 Å². The van der Waals surface area contributed by atoms with E-state index in [1.807, 2.05) is 24.3 Å². The third-order valence-electron chi connectivity index (χ3n) is 4.74. The third-order valence-corrected chi connectivity index (χ3v) is 5.07. The van der Waals surface area contributed by atoms with E-state index in [9.17, 15) is 4.79 Å². The Morgan fingerprint density at radius 1 is 1.11 bits per heavy atom. The highest BCUT2D eigenvalue weighted by molar-refractivity contribution is 6.33. The molecule has 0 aliphatic carbocycles. The van der Waals surface area contributed by atoms with Gasteiger partial charge in [-0.3, -0.25) is 0 Å². The average Bonchev–Trinajstić information content (AvgIpc) is 2.67. The predicted molar refractivity (Wildman–Crippen MR) is 109 cm³/mol. The van der Waals surface area contributed by atoms with Crippen LogP contribution >= 0.6 is 11.6 Å². The molecule has 142 valence electrons. The van der Waals surface area contributed by atoms with Crippen molar-refractivity contribution < 1.29 is 14.6 Å². The Hall–Kier alpha value is -2.14. The first-order valence-corrected chi connectivity index (χ1v) is 9.56. The summed E-state index contributed by atoms with van der Waals surface area (Å²) in [5.74, 6) is -0.917. The lowest BCUT2D eigenvalue weighted by Gasteiger charge is -2.28. The van der Waals surface area contributed by atoms with E-state index >= 15 is 0 Å². The lowest BCUT2D eigenvalue weighted by molar-refractivity contribution is -0.142. The van der Waals surface area contributed by atoms with Gasteiger partial charge in [-0.1, -0.05) is 65.7 Å². The SMILES string of the molecule is O=C(O)COCCN1CCC(=Cc2ccc(-c3ccccc3Cl)cc2)CC1. The maximum absolute atomic E-state index is 10.4. The van der Waals surface area contributed by atoms with Crippen LogP contribution in [0.2, 0.25) is 5.02 Å². The van der Waals surface area contributed by atoms with Gasteiger partial charge in [-0.2, -0.15) is 0 Å². The summed E-state index contributed by atoms with van der Waals surface area (Å²) in [6.45, 7) is 3.01. The second-order valence-corrected chi connectivity index (χ2v) is 7.10. The topological polar surface area (TPSA) is 49.8 Å². The van der Waals surface area contributed by atoms with E-state index in [2.05, 4.69) is 35.2 Å². The molecule has 3 rings (SSSR count). The molecule has 0 amide bonds. The fraction of sp³-hybridized carbons (Fsp3) is 0.318. The van der Waals surface area contributed by atoms with E-state index in [0.29, 0.717) is 6.61 Å². The van der Waals surface area contributed by atoms with Gasteiger partial charge in [-0.05, 0) is 30.0 Å². The van der Waals surface area contributed by atoms with E-state index < -0.39 is 5.97 Å². The van der Waals surface area contributed by atoms with Crippen molar-refractivity contribution in [1.82, 2.24) is 4.90 Å². The van der Waals surface area contributed by atoms with Crippen molar-refractivity contribution in [3.05, 3.63) is 64.7 Å². The van der Waals surface area contributed by atoms with Crippen molar-refractivity contribution in [2.45, 2.75) is 12.8 Å². The molecular weight excluding hydrogens is 362 g/mol. The summed E-state index contributed by atoms with van der Waals surface area (Å²) in [5.41, 5.74) is 4.83. The zero-order chi connectivity index (χ0) is 19.1. The Morgan fingerprint density at radius 3 is 2.48 bits per heavy atom. The molecule has 1 fully saturated rings. The van der Waals surface area contributed by atoms with E-state index in [1.54, 1.807) is 0 Å². The number of likely N-dealkylation sites (tertiary alicyclic amines) is 1. The molecule has 0 bridgehead atoms. The Bertz CT molecular complexity index is 791. The molecule has 27 heavy (non-hydrogen) atoms. The Kier molecular flexibility index (Phi) is 7.04. The largest absolute Gasteiger partial charge is 0.480 e. The molecule has 0 saturated carbocycles. The number of nitrogens with zero attached hydrogens (tertiary/aromatic N) is 1. The van der Waals surface area contributed by atoms with Crippen LogP contribution in [0.3, 0.4) is 0 Å². The number of carboxylic acids is 1. The van der Waals surface area contributed by atoms with Crippen LogP contribution in [0.5, 0.6) is 0 Å². The highest BCUT2D eigenvalue weighted by Gasteiger charge is 2.13. The average molecular weight is 386 g/mol. The summed E-state index contributed by atoms with van der Waals surface area (Å²) in [5, 5.41) is 9.34. The van der Waals surface area contributed by atoms with E-state index in [4.69, 9.17) is 21.4 Å². The van der Waals surface area contributed by atoms with Gasteiger partial charge in [0.2, 0.25) is 0 Å². The Labute approximate surface area is 165 Å². The number of piperidine rings is 1. The molecule has 4 nitrogen and oxygen atoms in total. The van der Waals surface area contributed by atoms with Crippen molar-refractivity contribution >= 4 is 23.6 Å². The number of carbonyl (C=O) groups is 1. The molecule has 2 aromatic carbocycles. The molecule has 0 spiro atoms. The minimum absolute atomic E-state index is 0.219. The number of carboxylic acid groups (broad SMARTS) is 1. The molecule has 5 heteroatoms. The molecule has 0 unspecified atom stereocenters. The van der Waals surface area contributed by atoms with E-state index in [0.717, 1.165) is 48.6 Å². The van der Waals surface area contributed by atoms with Crippen LogP contribution in [0.25, 0.3) is 17.2 Å². The van der Waals surface area contributed by atoms with Crippen molar-refractivity contribution in [2.75, 3.05) is 32.8 Å². The second-order valence-electron chi connectivity index (χ2n) is 6.69. The number of ether oxygens (including phenoxy) is 1. The predicted octanol–water partition coefficient (Wildman–Crippen LogP) is 4.59. The molecular formula is C22H24ClNO3. The van der Waals surface area contributed by atoms with Gasteiger partial charge in [0.15, 0.2) is 0 Å². The van der Waals surface area contributed by atoms with Gasteiger partial charge in [0, 0.05) is 30.2 Å². The summed E-state index contributed by atoms with van der Waals surface area (Å²) in [7, 11) is 0. The Balaban J connectivity index is 1.51. The van der Waals surface area contributed by atoms with Crippen LogP contribution in [0.4, 0.5) is 0 Å². The number of benzene rings is 2. The highest BCUT2D eigenvalue weighted by atomic mass is 35.5. The summed E-state index contributed by atoms with van der Waals surface area (Å²) < 4.78 is 5.11. The first-order valence-electron chi connectivity index (χ1n) is 9.18. The maximum Gasteiger partial charge on any atom is 0.329 e. The molecule has 1 heterocycles. The molecule has 1 aliphatic rings. The van der Waals surface area contributed by atoms with Crippen LogP contribution in [-0.2, 0) is 9.53 Å². The van der Waals surface area contributed by atoms with Gasteiger partial charge in [0.05, 0.1) is 6.61 Å². The molecule has 2 aromatic rings. The fourth-order valence-electron chi connectivity index (χ4n) is 3.25. The highest BCUT2D eigenvalue weighted by Crippen LogP contribution is 2.28. The van der Waals surface area contributed by atoms with Gasteiger partial charge in [-0.25, -0.2) is 4.79 Å². The van der Waals surface area contributed by atoms with Crippen molar-refractivity contribution in [3.8, 4) is 11.1 Å². The first kappa shape index (κ1) is 19.6. The lowest BCUT2D eigenvalue weighted by Crippen LogP contribution is -2.33.